The van der Waals surface area contributed by atoms with Gasteiger partial charge in [-0.3, -0.25) is 14.6 Å². The zero-order valence-electron chi connectivity index (χ0n) is 19.7. The standard InChI is InChI=1S/C28H26N4O2S/c1-16-6-3-8-19(12-16)26-25(31-17(2)35-26)28(34)32-15-20-13-22(20)23(32)14-30-27(33)21-10-4-7-18-9-5-11-29-24(18)21/h3-12,20,22-23H,13-15H2,1-2H3,(H,30,33)/t20-,22-,23+/m0/s1. The smallest absolute Gasteiger partial charge is 0.274 e. The van der Waals surface area contributed by atoms with Gasteiger partial charge in [0.05, 0.1) is 27.0 Å². The number of rotatable bonds is 5. The van der Waals surface area contributed by atoms with E-state index < -0.39 is 0 Å². The van der Waals surface area contributed by atoms with Gasteiger partial charge < -0.3 is 10.2 Å². The number of aromatic nitrogens is 2. The van der Waals surface area contributed by atoms with Crippen molar-refractivity contribution in [1.82, 2.24) is 20.2 Å². The molecule has 4 aromatic rings. The minimum absolute atomic E-state index is 0.0215. The molecule has 0 unspecified atom stereocenters. The van der Waals surface area contributed by atoms with Crippen LogP contribution in [0, 0.1) is 25.7 Å². The first-order valence-electron chi connectivity index (χ1n) is 12.0. The van der Waals surface area contributed by atoms with Crippen LogP contribution in [0.3, 0.4) is 0 Å². The minimum atomic E-state index is -0.157. The molecule has 0 spiro atoms. The first-order valence-corrected chi connectivity index (χ1v) is 12.8. The summed E-state index contributed by atoms with van der Waals surface area (Å²) in [7, 11) is 0. The second-order valence-electron chi connectivity index (χ2n) is 9.56. The topological polar surface area (TPSA) is 75.2 Å². The van der Waals surface area contributed by atoms with E-state index in [9.17, 15) is 9.59 Å². The number of amides is 2. The fourth-order valence-corrected chi connectivity index (χ4v) is 6.24. The maximum atomic E-state index is 13.8. The van der Waals surface area contributed by atoms with Crippen LogP contribution < -0.4 is 5.32 Å². The summed E-state index contributed by atoms with van der Waals surface area (Å²) in [5, 5.41) is 4.91. The quantitative estimate of drug-likeness (QED) is 0.441. The van der Waals surface area contributed by atoms with Crippen molar-refractivity contribution in [3.63, 3.8) is 0 Å². The van der Waals surface area contributed by atoms with Crippen LogP contribution in [-0.2, 0) is 0 Å². The third-order valence-electron chi connectivity index (χ3n) is 7.13. The van der Waals surface area contributed by atoms with Crippen molar-refractivity contribution in [2.75, 3.05) is 13.1 Å². The van der Waals surface area contributed by atoms with E-state index >= 15 is 0 Å². The Balaban J connectivity index is 1.23. The van der Waals surface area contributed by atoms with E-state index in [4.69, 9.17) is 0 Å². The first kappa shape index (κ1) is 21.9. The number of carbonyl (C=O) groups excluding carboxylic acids is 2. The van der Waals surface area contributed by atoms with E-state index in [-0.39, 0.29) is 17.9 Å². The highest BCUT2D eigenvalue weighted by molar-refractivity contribution is 7.15. The van der Waals surface area contributed by atoms with Crippen molar-refractivity contribution in [2.24, 2.45) is 11.8 Å². The maximum Gasteiger partial charge on any atom is 0.274 e. The van der Waals surface area contributed by atoms with E-state index in [1.54, 1.807) is 23.6 Å². The van der Waals surface area contributed by atoms with Crippen molar-refractivity contribution in [1.29, 1.82) is 0 Å². The first-order chi connectivity index (χ1) is 17.0. The summed E-state index contributed by atoms with van der Waals surface area (Å²) in [6.07, 6.45) is 2.81. The molecule has 35 heavy (non-hydrogen) atoms. The summed E-state index contributed by atoms with van der Waals surface area (Å²) in [5.41, 5.74) is 3.95. The summed E-state index contributed by atoms with van der Waals surface area (Å²) in [6.45, 7) is 5.15. The van der Waals surface area contributed by atoms with E-state index in [1.807, 2.05) is 48.2 Å². The molecular weight excluding hydrogens is 456 g/mol. The average molecular weight is 483 g/mol. The molecule has 2 fully saturated rings. The fourth-order valence-electron chi connectivity index (χ4n) is 5.34. The van der Waals surface area contributed by atoms with Crippen LogP contribution in [0.15, 0.2) is 60.8 Å². The third kappa shape index (κ3) is 4.00. The highest BCUT2D eigenvalue weighted by atomic mass is 32.1. The second kappa shape index (κ2) is 8.57. The molecule has 6 rings (SSSR count). The van der Waals surface area contributed by atoms with Gasteiger partial charge in [0.2, 0.25) is 0 Å². The lowest BCUT2D eigenvalue weighted by molar-refractivity contribution is 0.0690. The molecule has 1 aliphatic carbocycles. The van der Waals surface area contributed by atoms with Crippen molar-refractivity contribution in [2.45, 2.75) is 26.3 Å². The Morgan fingerprint density at radius 3 is 2.80 bits per heavy atom. The van der Waals surface area contributed by atoms with Gasteiger partial charge in [0.25, 0.3) is 11.8 Å². The summed E-state index contributed by atoms with van der Waals surface area (Å²) in [4.78, 5) is 38.7. The fraction of sp³-hybridized carbons (Fsp3) is 0.286. The van der Waals surface area contributed by atoms with Crippen molar-refractivity contribution >= 4 is 34.1 Å². The number of aryl methyl sites for hydroxylation is 2. The Bertz CT molecular complexity index is 1460. The number of para-hydroxylation sites is 1. The molecule has 2 aromatic carbocycles. The third-order valence-corrected chi connectivity index (χ3v) is 8.15. The van der Waals surface area contributed by atoms with Crippen LogP contribution in [0.2, 0.25) is 0 Å². The highest BCUT2D eigenvalue weighted by Crippen LogP contribution is 2.50. The number of nitrogens with one attached hydrogen (secondary N) is 1. The maximum absolute atomic E-state index is 13.8. The van der Waals surface area contributed by atoms with Gasteiger partial charge in [-0.15, -0.1) is 11.3 Å². The van der Waals surface area contributed by atoms with Crippen molar-refractivity contribution in [3.05, 3.63) is 82.6 Å². The summed E-state index contributed by atoms with van der Waals surface area (Å²) in [6, 6.07) is 17.6. The summed E-state index contributed by atoms with van der Waals surface area (Å²) >= 11 is 1.56. The van der Waals surface area contributed by atoms with E-state index in [1.165, 1.54) is 0 Å². The molecule has 2 aromatic heterocycles. The molecular formula is C28H26N4O2S. The molecule has 3 heterocycles. The predicted molar refractivity (Wildman–Crippen MR) is 138 cm³/mol. The molecule has 2 aliphatic rings. The number of likely N-dealkylation sites (tertiary alicyclic amines) is 1. The van der Waals surface area contributed by atoms with Gasteiger partial charge in [0.15, 0.2) is 0 Å². The summed E-state index contributed by atoms with van der Waals surface area (Å²) in [5.74, 6) is 0.758. The number of fused-ring (bicyclic) bond motifs is 2. The zero-order valence-corrected chi connectivity index (χ0v) is 20.5. The molecule has 1 saturated heterocycles. The molecule has 1 saturated carbocycles. The number of carbonyl (C=O) groups is 2. The van der Waals surface area contributed by atoms with Gasteiger partial charge >= 0.3 is 0 Å². The average Bonchev–Trinajstić information content (AvgIpc) is 3.38. The minimum Gasteiger partial charge on any atom is -0.350 e. The molecule has 7 heteroatoms. The zero-order chi connectivity index (χ0) is 24.1. The number of pyridine rings is 1. The monoisotopic (exact) mass is 482 g/mol. The molecule has 0 bridgehead atoms. The van der Waals surface area contributed by atoms with Crippen LogP contribution in [0.5, 0.6) is 0 Å². The van der Waals surface area contributed by atoms with Crippen molar-refractivity contribution < 1.29 is 9.59 Å². The Kier molecular flexibility index (Phi) is 5.37. The van der Waals surface area contributed by atoms with E-state index in [0.29, 0.717) is 35.2 Å². The van der Waals surface area contributed by atoms with E-state index in [2.05, 4.69) is 34.3 Å². The molecule has 0 radical (unpaired) electrons. The van der Waals surface area contributed by atoms with Gasteiger partial charge in [0.1, 0.15) is 5.69 Å². The van der Waals surface area contributed by atoms with Gasteiger partial charge in [-0.1, -0.05) is 48.0 Å². The van der Waals surface area contributed by atoms with Crippen molar-refractivity contribution in [3.8, 4) is 10.4 Å². The van der Waals surface area contributed by atoms with Crippen LogP contribution >= 0.6 is 11.3 Å². The number of nitrogens with zero attached hydrogens (tertiary/aromatic N) is 3. The van der Waals surface area contributed by atoms with Crippen LogP contribution in [0.1, 0.15) is 37.8 Å². The van der Waals surface area contributed by atoms with E-state index in [0.717, 1.165) is 39.4 Å². The lowest BCUT2D eigenvalue weighted by atomic mass is 10.1. The lowest BCUT2D eigenvalue weighted by Crippen LogP contribution is -2.45. The van der Waals surface area contributed by atoms with Gasteiger partial charge in [-0.25, -0.2) is 4.98 Å². The SMILES string of the molecule is Cc1cccc(-c2sc(C)nc2C(=O)N2C[C@@H]3C[C@@H]3[C@H]2CNC(=O)c2cccc3cccnc23)c1. The number of piperidine rings is 1. The molecule has 2 amide bonds. The van der Waals surface area contributed by atoms with Crippen LogP contribution in [0.25, 0.3) is 21.3 Å². The number of hydrogen-bond donors (Lipinski definition) is 1. The van der Waals surface area contributed by atoms with Crippen LogP contribution in [0.4, 0.5) is 0 Å². The Hall–Kier alpha value is -3.58. The Labute approximate surface area is 208 Å². The predicted octanol–water partition coefficient (Wildman–Crippen LogP) is 4.87. The molecule has 3 atom stereocenters. The number of benzene rings is 2. The van der Waals surface area contributed by atoms with Gasteiger partial charge in [-0.2, -0.15) is 0 Å². The molecule has 176 valence electrons. The molecule has 1 N–H and O–H groups in total. The van der Waals surface area contributed by atoms with Gasteiger partial charge in [0, 0.05) is 24.7 Å². The number of thiazole rings is 1. The summed E-state index contributed by atoms with van der Waals surface area (Å²) < 4.78 is 0. The number of hydrogen-bond acceptors (Lipinski definition) is 5. The second-order valence-corrected chi connectivity index (χ2v) is 10.8. The Morgan fingerprint density at radius 1 is 1.11 bits per heavy atom. The largest absolute Gasteiger partial charge is 0.350 e. The lowest BCUT2D eigenvalue weighted by Gasteiger charge is -2.27. The van der Waals surface area contributed by atoms with Crippen LogP contribution in [-0.4, -0.2) is 45.8 Å². The highest BCUT2D eigenvalue weighted by Gasteiger charge is 2.54. The molecule has 6 nitrogen and oxygen atoms in total. The van der Waals surface area contributed by atoms with Gasteiger partial charge in [-0.05, 0) is 49.8 Å². The normalized spacial score (nSPS) is 20.6. The molecule has 1 aliphatic heterocycles. The Morgan fingerprint density at radius 2 is 1.94 bits per heavy atom.